The van der Waals surface area contributed by atoms with Gasteiger partial charge < -0.3 is 11.1 Å². The molecule has 1 aliphatic heterocycles. The zero-order valence-electron chi connectivity index (χ0n) is 6.50. The number of hydrogen-bond acceptors (Lipinski definition) is 3. The molecule has 1 aromatic rings. The van der Waals surface area contributed by atoms with Crippen LogP contribution in [-0.4, -0.2) is 10.9 Å². The van der Waals surface area contributed by atoms with Crippen molar-refractivity contribution in [2.45, 2.75) is 13.0 Å². The van der Waals surface area contributed by atoms with Gasteiger partial charge in [-0.25, -0.2) is 0 Å². The van der Waals surface area contributed by atoms with E-state index in [1.165, 1.54) is 0 Å². The smallest absolute Gasteiger partial charge is 0.228 e. The Morgan fingerprint density at radius 3 is 3.25 bits per heavy atom. The van der Waals surface area contributed by atoms with E-state index in [0.717, 1.165) is 16.9 Å². The van der Waals surface area contributed by atoms with Crippen molar-refractivity contribution >= 4 is 11.6 Å². The zero-order chi connectivity index (χ0) is 8.55. The molecular weight excluding hydrogens is 154 g/mol. The lowest BCUT2D eigenvalue weighted by atomic mass is 10.2. The monoisotopic (exact) mass is 163 g/mol. The number of rotatable bonds is 1. The molecule has 0 saturated carbocycles. The fraction of sp³-hybridized carbons (Fsp3) is 0.250. The topological polar surface area (TPSA) is 68.0 Å². The van der Waals surface area contributed by atoms with Gasteiger partial charge in [0, 0.05) is 24.0 Å². The lowest BCUT2D eigenvalue weighted by molar-refractivity contribution is -0.115. The highest BCUT2D eigenvalue weighted by molar-refractivity contribution is 5.98. The average Bonchev–Trinajstić information content (AvgIpc) is 2.43. The van der Waals surface area contributed by atoms with Crippen LogP contribution in [0, 0.1) is 0 Å². The highest BCUT2D eigenvalue weighted by Gasteiger charge is 2.17. The summed E-state index contributed by atoms with van der Waals surface area (Å²) in [7, 11) is 0. The summed E-state index contributed by atoms with van der Waals surface area (Å²) in [5.41, 5.74) is 8.02. The Morgan fingerprint density at radius 2 is 2.50 bits per heavy atom. The number of carbonyl (C=O) groups excluding carboxylic acids is 1. The van der Waals surface area contributed by atoms with Gasteiger partial charge in [-0.2, -0.15) is 0 Å². The summed E-state index contributed by atoms with van der Waals surface area (Å²) < 4.78 is 0. The molecule has 1 amide bonds. The number of fused-ring (bicyclic) bond motifs is 1. The SMILES string of the molecule is NCc1cc2c(cn1)CC(=O)N2. The number of anilines is 1. The summed E-state index contributed by atoms with van der Waals surface area (Å²) in [6, 6.07) is 1.82. The summed E-state index contributed by atoms with van der Waals surface area (Å²) in [4.78, 5) is 15.0. The van der Waals surface area contributed by atoms with Gasteiger partial charge in [0.05, 0.1) is 12.1 Å². The summed E-state index contributed by atoms with van der Waals surface area (Å²) in [5.74, 6) is 0.0287. The van der Waals surface area contributed by atoms with Crippen LogP contribution in [0.15, 0.2) is 12.3 Å². The van der Waals surface area contributed by atoms with E-state index >= 15 is 0 Å². The van der Waals surface area contributed by atoms with Crippen molar-refractivity contribution in [1.82, 2.24) is 4.98 Å². The number of pyridine rings is 1. The van der Waals surface area contributed by atoms with E-state index in [-0.39, 0.29) is 5.91 Å². The maximum Gasteiger partial charge on any atom is 0.228 e. The van der Waals surface area contributed by atoms with Crippen molar-refractivity contribution in [1.29, 1.82) is 0 Å². The van der Waals surface area contributed by atoms with Gasteiger partial charge in [-0.1, -0.05) is 0 Å². The molecule has 0 unspecified atom stereocenters. The van der Waals surface area contributed by atoms with Crippen LogP contribution in [0.5, 0.6) is 0 Å². The fourth-order valence-corrected chi connectivity index (χ4v) is 1.26. The molecule has 4 nitrogen and oxygen atoms in total. The molecule has 0 aromatic carbocycles. The number of aromatic nitrogens is 1. The third-order valence-corrected chi connectivity index (χ3v) is 1.88. The van der Waals surface area contributed by atoms with Crippen LogP contribution in [0.2, 0.25) is 0 Å². The minimum absolute atomic E-state index is 0.0287. The van der Waals surface area contributed by atoms with Crippen LogP contribution in [0.4, 0.5) is 5.69 Å². The molecule has 0 bridgehead atoms. The minimum Gasteiger partial charge on any atom is -0.325 e. The molecule has 0 fully saturated rings. The van der Waals surface area contributed by atoms with E-state index in [9.17, 15) is 4.79 Å². The van der Waals surface area contributed by atoms with Gasteiger partial charge in [0.2, 0.25) is 5.91 Å². The molecule has 0 radical (unpaired) electrons. The van der Waals surface area contributed by atoms with E-state index in [0.29, 0.717) is 13.0 Å². The summed E-state index contributed by atoms with van der Waals surface area (Å²) in [5, 5.41) is 2.74. The lowest BCUT2D eigenvalue weighted by Crippen LogP contribution is -2.04. The summed E-state index contributed by atoms with van der Waals surface area (Å²) >= 11 is 0. The van der Waals surface area contributed by atoms with E-state index in [1.54, 1.807) is 6.20 Å². The molecule has 2 rings (SSSR count). The predicted molar refractivity (Wildman–Crippen MR) is 44.5 cm³/mol. The molecule has 0 atom stereocenters. The highest BCUT2D eigenvalue weighted by atomic mass is 16.1. The van der Waals surface area contributed by atoms with Gasteiger partial charge in [0.1, 0.15) is 0 Å². The van der Waals surface area contributed by atoms with Crippen LogP contribution in [-0.2, 0) is 17.8 Å². The maximum absolute atomic E-state index is 10.9. The molecular formula is C8H9N3O. The van der Waals surface area contributed by atoms with E-state index in [1.807, 2.05) is 6.07 Å². The maximum atomic E-state index is 10.9. The second-order valence-corrected chi connectivity index (χ2v) is 2.76. The van der Waals surface area contributed by atoms with Crippen molar-refractivity contribution in [2.75, 3.05) is 5.32 Å². The van der Waals surface area contributed by atoms with Gasteiger partial charge >= 0.3 is 0 Å². The number of carbonyl (C=O) groups is 1. The largest absolute Gasteiger partial charge is 0.325 e. The fourth-order valence-electron chi connectivity index (χ4n) is 1.26. The first-order valence-electron chi connectivity index (χ1n) is 3.77. The highest BCUT2D eigenvalue weighted by Crippen LogP contribution is 2.21. The Balaban J connectivity index is 2.41. The van der Waals surface area contributed by atoms with Gasteiger partial charge in [-0.3, -0.25) is 9.78 Å². The van der Waals surface area contributed by atoms with Crippen LogP contribution in [0.3, 0.4) is 0 Å². The Kier molecular flexibility index (Phi) is 1.55. The minimum atomic E-state index is 0.0287. The van der Waals surface area contributed by atoms with Gasteiger partial charge in [0.25, 0.3) is 0 Å². The predicted octanol–water partition coefficient (Wildman–Crippen LogP) is 0.0349. The number of nitrogens with two attached hydrogens (primary N) is 1. The molecule has 0 aliphatic carbocycles. The third-order valence-electron chi connectivity index (χ3n) is 1.88. The van der Waals surface area contributed by atoms with E-state index < -0.39 is 0 Å². The summed E-state index contributed by atoms with van der Waals surface area (Å²) in [6.45, 7) is 0.406. The van der Waals surface area contributed by atoms with Gasteiger partial charge in [-0.05, 0) is 6.07 Å². The molecule has 1 aliphatic rings. The molecule has 62 valence electrons. The Bertz CT molecular complexity index is 335. The third kappa shape index (κ3) is 1.06. The first-order valence-corrected chi connectivity index (χ1v) is 3.77. The standard InChI is InChI=1S/C8H9N3O/c9-3-6-2-7-5(4-10-6)1-8(12)11-7/h2,4H,1,3,9H2,(H,11,12). The number of nitrogens with one attached hydrogen (secondary N) is 1. The van der Waals surface area contributed by atoms with Crippen molar-refractivity contribution in [2.24, 2.45) is 5.73 Å². The average molecular weight is 163 g/mol. The molecule has 0 spiro atoms. The molecule has 1 aromatic heterocycles. The second-order valence-electron chi connectivity index (χ2n) is 2.76. The first kappa shape index (κ1) is 7.24. The Morgan fingerprint density at radius 1 is 1.67 bits per heavy atom. The van der Waals surface area contributed by atoms with Gasteiger partial charge in [0.15, 0.2) is 0 Å². The van der Waals surface area contributed by atoms with Crippen LogP contribution >= 0.6 is 0 Å². The second kappa shape index (κ2) is 2.57. The van der Waals surface area contributed by atoms with E-state index in [2.05, 4.69) is 10.3 Å². The van der Waals surface area contributed by atoms with Crippen LogP contribution in [0.25, 0.3) is 0 Å². The first-order chi connectivity index (χ1) is 5.79. The number of nitrogens with zero attached hydrogens (tertiary/aromatic N) is 1. The molecule has 4 heteroatoms. The quantitative estimate of drug-likeness (QED) is 0.614. The molecule has 12 heavy (non-hydrogen) atoms. The number of hydrogen-bond donors (Lipinski definition) is 2. The van der Waals surface area contributed by atoms with Crippen LogP contribution in [0.1, 0.15) is 11.3 Å². The summed E-state index contributed by atoms with van der Waals surface area (Å²) in [6.07, 6.45) is 2.14. The molecule has 0 saturated heterocycles. The van der Waals surface area contributed by atoms with Gasteiger partial charge in [-0.15, -0.1) is 0 Å². The van der Waals surface area contributed by atoms with Crippen molar-refractivity contribution in [3.8, 4) is 0 Å². The van der Waals surface area contributed by atoms with Crippen molar-refractivity contribution in [3.63, 3.8) is 0 Å². The molecule has 3 N–H and O–H groups in total. The van der Waals surface area contributed by atoms with Crippen molar-refractivity contribution < 1.29 is 4.79 Å². The zero-order valence-corrected chi connectivity index (χ0v) is 6.50. The lowest BCUT2D eigenvalue weighted by Gasteiger charge is -1.99. The normalized spacial score (nSPS) is 14.2. The Labute approximate surface area is 69.8 Å². The van der Waals surface area contributed by atoms with Crippen LogP contribution < -0.4 is 11.1 Å². The molecule has 2 heterocycles. The van der Waals surface area contributed by atoms with E-state index in [4.69, 9.17) is 5.73 Å². The van der Waals surface area contributed by atoms with Crippen molar-refractivity contribution in [3.05, 3.63) is 23.5 Å². The Hall–Kier alpha value is -1.42. The number of amides is 1.